The second kappa shape index (κ2) is 4.77. The molecule has 2 heterocycles. The number of rotatable bonds is 2. The molecule has 0 aromatic heterocycles. The highest BCUT2D eigenvalue weighted by Crippen LogP contribution is 2.34. The highest BCUT2D eigenvalue weighted by Gasteiger charge is 2.35. The Labute approximate surface area is 117 Å². The van der Waals surface area contributed by atoms with Crippen LogP contribution in [0.3, 0.4) is 0 Å². The molecule has 0 N–H and O–H groups in total. The topological polar surface area (TPSA) is 66.7 Å². The van der Waals surface area contributed by atoms with E-state index in [0.29, 0.717) is 13.0 Å². The number of hydrogen-bond donors (Lipinski definition) is 0. The Kier molecular flexibility index (Phi) is 3.08. The van der Waals surface area contributed by atoms with E-state index in [2.05, 4.69) is 4.90 Å². The molecule has 20 heavy (non-hydrogen) atoms. The van der Waals surface area contributed by atoms with E-state index >= 15 is 0 Å². The average molecular weight is 275 g/mol. The molecule has 1 unspecified atom stereocenters. The first kappa shape index (κ1) is 12.9. The van der Waals surface area contributed by atoms with Crippen molar-refractivity contribution < 1.29 is 9.72 Å². The van der Waals surface area contributed by atoms with Crippen LogP contribution in [0.25, 0.3) is 0 Å². The van der Waals surface area contributed by atoms with E-state index in [1.54, 1.807) is 12.1 Å². The predicted octanol–water partition coefficient (Wildman–Crippen LogP) is 1.58. The lowest BCUT2D eigenvalue weighted by molar-refractivity contribution is -0.384. The van der Waals surface area contributed by atoms with Crippen LogP contribution in [0.15, 0.2) is 18.2 Å². The third-order valence-corrected chi connectivity index (χ3v) is 4.18. The highest BCUT2D eigenvalue weighted by molar-refractivity contribution is 5.77. The molecule has 1 atom stereocenters. The van der Waals surface area contributed by atoms with Gasteiger partial charge in [-0.1, -0.05) is 13.0 Å². The summed E-state index contributed by atoms with van der Waals surface area (Å²) >= 11 is 0. The molecule has 1 amide bonds. The molecule has 2 aliphatic heterocycles. The molecular formula is C14H17N3O3. The first-order valence-electron chi connectivity index (χ1n) is 6.92. The van der Waals surface area contributed by atoms with Gasteiger partial charge in [-0.25, -0.2) is 0 Å². The van der Waals surface area contributed by atoms with Gasteiger partial charge in [0.1, 0.15) is 0 Å². The monoisotopic (exact) mass is 275 g/mol. The van der Waals surface area contributed by atoms with E-state index in [1.165, 1.54) is 0 Å². The van der Waals surface area contributed by atoms with Gasteiger partial charge in [-0.05, 0) is 12.0 Å². The zero-order valence-electron chi connectivity index (χ0n) is 11.4. The number of benzene rings is 1. The van der Waals surface area contributed by atoms with Gasteiger partial charge in [-0.15, -0.1) is 0 Å². The van der Waals surface area contributed by atoms with Crippen LogP contribution in [0, 0.1) is 10.1 Å². The van der Waals surface area contributed by atoms with E-state index < -0.39 is 0 Å². The molecule has 1 saturated heterocycles. The summed E-state index contributed by atoms with van der Waals surface area (Å²) in [5.74, 6) is 0.194. The first-order valence-corrected chi connectivity index (χ1v) is 6.92. The maximum Gasteiger partial charge on any atom is 0.271 e. The highest BCUT2D eigenvalue weighted by atomic mass is 16.6. The molecule has 6 heteroatoms. The molecule has 0 radical (unpaired) electrons. The number of nitro groups is 1. The van der Waals surface area contributed by atoms with Crippen molar-refractivity contribution in [2.75, 3.05) is 24.5 Å². The Morgan fingerprint density at radius 1 is 1.45 bits per heavy atom. The smallest absolute Gasteiger partial charge is 0.271 e. The van der Waals surface area contributed by atoms with E-state index in [0.717, 1.165) is 30.8 Å². The Morgan fingerprint density at radius 2 is 2.25 bits per heavy atom. The molecule has 106 valence electrons. The Hall–Kier alpha value is -2.11. The van der Waals surface area contributed by atoms with Crippen LogP contribution in [0.4, 0.5) is 11.4 Å². The number of hydrogen-bond acceptors (Lipinski definition) is 4. The van der Waals surface area contributed by atoms with Crippen molar-refractivity contribution in [3.8, 4) is 0 Å². The van der Waals surface area contributed by atoms with Crippen molar-refractivity contribution in [3.63, 3.8) is 0 Å². The number of amides is 1. The van der Waals surface area contributed by atoms with Gasteiger partial charge in [0.15, 0.2) is 0 Å². The van der Waals surface area contributed by atoms with E-state index in [1.807, 2.05) is 17.9 Å². The van der Waals surface area contributed by atoms with Crippen molar-refractivity contribution in [2.24, 2.45) is 0 Å². The molecule has 0 saturated carbocycles. The molecular weight excluding hydrogens is 258 g/mol. The molecule has 6 nitrogen and oxygen atoms in total. The molecule has 1 aromatic carbocycles. The fourth-order valence-corrected chi connectivity index (χ4v) is 3.17. The van der Waals surface area contributed by atoms with Crippen molar-refractivity contribution in [3.05, 3.63) is 33.9 Å². The number of carbonyl (C=O) groups excluding carboxylic acids is 1. The summed E-state index contributed by atoms with van der Waals surface area (Å²) in [7, 11) is 0. The molecule has 2 aliphatic rings. The van der Waals surface area contributed by atoms with Gasteiger partial charge in [0.2, 0.25) is 5.91 Å². The second-order valence-corrected chi connectivity index (χ2v) is 5.31. The standard InChI is InChI=1S/C14H17N3O3/c1-2-14(18)16-6-5-15-9-12(16)7-10-3-4-11(17(19)20)8-13(10)15/h3-4,8,12H,2,5-7,9H2,1H3. The number of carbonyl (C=O) groups is 1. The summed E-state index contributed by atoms with van der Waals surface area (Å²) in [6.45, 7) is 4.12. The van der Waals surface area contributed by atoms with Crippen molar-refractivity contribution in [1.82, 2.24) is 4.90 Å². The summed E-state index contributed by atoms with van der Waals surface area (Å²) < 4.78 is 0. The van der Waals surface area contributed by atoms with Gasteiger partial charge < -0.3 is 9.80 Å². The van der Waals surface area contributed by atoms with Gasteiger partial charge in [0, 0.05) is 43.9 Å². The maximum atomic E-state index is 11.9. The summed E-state index contributed by atoms with van der Waals surface area (Å²) in [5.41, 5.74) is 2.19. The summed E-state index contributed by atoms with van der Waals surface area (Å²) in [5, 5.41) is 10.9. The third-order valence-electron chi connectivity index (χ3n) is 4.18. The van der Waals surface area contributed by atoms with Crippen LogP contribution in [0.2, 0.25) is 0 Å². The molecule has 0 aliphatic carbocycles. The minimum Gasteiger partial charge on any atom is -0.367 e. The SMILES string of the molecule is CCC(=O)N1CCN2CC1Cc1ccc([N+](=O)[O-])cc12. The summed E-state index contributed by atoms with van der Waals surface area (Å²) in [6.07, 6.45) is 1.32. The lowest BCUT2D eigenvalue weighted by Gasteiger charge is -2.46. The van der Waals surface area contributed by atoms with Crippen LogP contribution >= 0.6 is 0 Å². The maximum absolute atomic E-state index is 11.9. The zero-order chi connectivity index (χ0) is 14.3. The van der Waals surface area contributed by atoms with Gasteiger partial charge in [0.05, 0.1) is 11.0 Å². The fourth-order valence-electron chi connectivity index (χ4n) is 3.17. The van der Waals surface area contributed by atoms with Crippen LogP contribution in [-0.4, -0.2) is 41.4 Å². The minimum atomic E-state index is -0.358. The van der Waals surface area contributed by atoms with E-state index in [-0.39, 0.29) is 22.6 Å². The summed E-state index contributed by atoms with van der Waals surface area (Å²) in [6, 6.07) is 5.23. The van der Waals surface area contributed by atoms with E-state index in [4.69, 9.17) is 0 Å². The van der Waals surface area contributed by atoms with Crippen molar-refractivity contribution in [2.45, 2.75) is 25.8 Å². The normalized spacial score (nSPS) is 20.6. The quantitative estimate of drug-likeness (QED) is 0.607. The van der Waals surface area contributed by atoms with Gasteiger partial charge in [0.25, 0.3) is 5.69 Å². The average Bonchev–Trinajstić information content (AvgIpc) is 2.46. The number of non-ortho nitro benzene ring substituents is 1. The largest absolute Gasteiger partial charge is 0.367 e. The lowest BCUT2D eigenvalue weighted by atomic mass is 9.94. The van der Waals surface area contributed by atoms with Gasteiger partial charge in [-0.2, -0.15) is 0 Å². The van der Waals surface area contributed by atoms with Crippen molar-refractivity contribution >= 4 is 17.3 Å². The predicted molar refractivity (Wildman–Crippen MR) is 74.8 cm³/mol. The molecule has 3 rings (SSSR count). The number of nitrogens with zero attached hydrogens (tertiary/aromatic N) is 3. The van der Waals surface area contributed by atoms with Crippen LogP contribution in [-0.2, 0) is 11.2 Å². The number of nitro benzene ring substituents is 1. The Bertz CT molecular complexity index is 573. The first-order chi connectivity index (χ1) is 9.60. The number of anilines is 1. The van der Waals surface area contributed by atoms with Crippen LogP contribution in [0.1, 0.15) is 18.9 Å². The second-order valence-electron chi connectivity index (χ2n) is 5.31. The Balaban J connectivity index is 1.92. The molecule has 0 spiro atoms. The molecule has 1 aromatic rings. The van der Waals surface area contributed by atoms with Crippen LogP contribution in [0.5, 0.6) is 0 Å². The van der Waals surface area contributed by atoms with Gasteiger partial charge in [-0.3, -0.25) is 14.9 Å². The Morgan fingerprint density at radius 3 is 2.95 bits per heavy atom. The van der Waals surface area contributed by atoms with E-state index in [9.17, 15) is 14.9 Å². The third kappa shape index (κ3) is 2.01. The number of piperazine rings is 1. The zero-order valence-corrected chi connectivity index (χ0v) is 11.4. The molecule has 1 fully saturated rings. The van der Waals surface area contributed by atoms with Gasteiger partial charge >= 0.3 is 0 Å². The lowest BCUT2D eigenvalue weighted by Crippen LogP contribution is -2.58. The fraction of sp³-hybridized carbons (Fsp3) is 0.500. The van der Waals surface area contributed by atoms with Crippen molar-refractivity contribution in [1.29, 1.82) is 0 Å². The summed E-state index contributed by atoms with van der Waals surface area (Å²) in [4.78, 5) is 26.6. The number of fused-ring (bicyclic) bond motifs is 4. The molecule has 2 bridgehead atoms. The minimum absolute atomic E-state index is 0.134. The van der Waals surface area contributed by atoms with Crippen LogP contribution < -0.4 is 4.90 Å².